The fourth-order valence-corrected chi connectivity index (χ4v) is 4.45. The number of nitrogens with one attached hydrogen (secondary N) is 1. The third-order valence-corrected chi connectivity index (χ3v) is 6.38. The van der Waals surface area contributed by atoms with Crippen LogP contribution < -0.4 is 26.2 Å². The number of pyridine rings is 1. The van der Waals surface area contributed by atoms with Crippen LogP contribution in [0.25, 0.3) is 10.9 Å². The van der Waals surface area contributed by atoms with Gasteiger partial charge in [-0.15, -0.1) is 0 Å². The van der Waals surface area contributed by atoms with Crippen LogP contribution in [0.4, 0.5) is 11.4 Å². The molecule has 0 saturated heterocycles. The second-order valence-electron chi connectivity index (χ2n) is 8.75. The quantitative estimate of drug-likeness (QED) is 0.220. The Morgan fingerprint density at radius 2 is 2.03 bits per heavy atom. The molecule has 38 heavy (non-hydrogen) atoms. The molecule has 2 aromatic carbocycles. The van der Waals surface area contributed by atoms with E-state index in [1.807, 2.05) is 25.1 Å². The Labute approximate surface area is 219 Å². The number of nitrogens with two attached hydrogens (primary N) is 1. The minimum atomic E-state index is -0.642. The summed E-state index contributed by atoms with van der Waals surface area (Å²) >= 11 is 0. The van der Waals surface area contributed by atoms with Crippen LogP contribution in [0.2, 0.25) is 0 Å². The van der Waals surface area contributed by atoms with Crippen molar-refractivity contribution < 1.29 is 24.5 Å². The highest BCUT2D eigenvalue weighted by Crippen LogP contribution is 2.38. The summed E-state index contributed by atoms with van der Waals surface area (Å²) < 4.78 is 14.1. The Balaban J connectivity index is 1.66. The van der Waals surface area contributed by atoms with Gasteiger partial charge in [0, 0.05) is 36.9 Å². The number of hydrogen-bond donors (Lipinski definition) is 4. The first kappa shape index (κ1) is 26.6. The van der Waals surface area contributed by atoms with Gasteiger partial charge < -0.3 is 30.7 Å². The molecule has 11 heteroatoms. The van der Waals surface area contributed by atoms with E-state index in [1.54, 1.807) is 19.2 Å². The van der Waals surface area contributed by atoms with Crippen molar-refractivity contribution in [2.24, 2.45) is 12.8 Å². The maximum absolute atomic E-state index is 12.3. The number of aromatic nitrogens is 3. The second-order valence-corrected chi connectivity index (χ2v) is 8.75. The van der Waals surface area contributed by atoms with Crippen LogP contribution in [-0.4, -0.2) is 44.0 Å². The number of benzene rings is 2. The van der Waals surface area contributed by atoms with Gasteiger partial charge in [-0.2, -0.15) is 0 Å². The minimum Gasteiger partial charge on any atom is -0.493 e. The van der Waals surface area contributed by atoms with Gasteiger partial charge in [0.2, 0.25) is 5.88 Å². The lowest BCUT2D eigenvalue weighted by atomic mass is 10.0. The largest absolute Gasteiger partial charge is 0.493 e. The van der Waals surface area contributed by atoms with Crippen molar-refractivity contribution in [1.82, 2.24) is 14.1 Å². The molecule has 11 nitrogen and oxygen atoms in total. The number of aromatic hydroxyl groups is 1. The molecule has 0 atom stereocenters. The Kier molecular flexibility index (Phi) is 7.87. The number of hydrogen-bond acceptors (Lipinski definition) is 8. The summed E-state index contributed by atoms with van der Waals surface area (Å²) in [4.78, 5) is 28.8. The lowest BCUT2D eigenvalue weighted by Gasteiger charge is -2.19. The van der Waals surface area contributed by atoms with E-state index >= 15 is 0 Å². The summed E-state index contributed by atoms with van der Waals surface area (Å²) in [5, 5.41) is 23.6. The van der Waals surface area contributed by atoms with Gasteiger partial charge in [0.1, 0.15) is 0 Å². The van der Waals surface area contributed by atoms with Crippen LogP contribution in [0.1, 0.15) is 34.8 Å². The number of nitrogens with zero attached hydrogens (tertiary/aromatic N) is 3. The Morgan fingerprint density at radius 3 is 2.66 bits per heavy atom. The number of aliphatic hydroxyl groups is 1. The van der Waals surface area contributed by atoms with Gasteiger partial charge in [0.15, 0.2) is 11.5 Å². The smallest absolute Gasteiger partial charge is 0.330 e. The molecule has 0 aliphatic rings. The molecule has 4 aromatic rings. The molecule has 1 amide bonds. The number of fused-ring (bicyclic) bond motifs is 1. The molecule has 4 rings (SSSR count). The van der Waals surface area contributed by atoms with E-state index in [0.29, 0.717) is 40.9 Å². The number of rotatable bonds is 11. The van der Waals surface area contributed by atoms with Gasteiger partial charge in [-0.05, 0) is 36.1 Å². The van der Waals surface area contributed by atoms with E-state index in [9.17, 15) is 19.8 Å². The first-order chi connectivity index (χ1) is 18.3. The summed E-state index contributed by atoms with van der Waals surface area (Å²) in [7, 11) is 3.08. The van der Waals surface area contributed by atoms with Crippen LogP contribution in [0.3, 0.4) is 0 Å². The topological polar surface area (TPSA) is 154 Å². The lowest BCUT2D eigenvalue weighted by molar-refractivity contribution is 0.100. The summed E-state index contributed by atoms with van der Waals surface area (Å²) in [6.07, 6.45) is 3.90. The monoisotopic (exact) mass is 521 g/mol. The fourth-order valence-electron chi connectivity index (χ4n) is 4.45. The van der Waals surface area contributed by atoms with Crippen LogP contribution in [0, 0.1) is 0 Å². The molecule has 0 fully saturated rings. The lowest BCUT2D eigenvalue weighted by Crippen LogP contribution is -2.22. The van der Waals surface area contributed by atoms with Crippen molar-refractivity contribution in [3.63, 3.8) is 0 Å². The van der Waals surface area contributed by atoms with Gasteiger partial charge in [-0.1, -0.05) is 19.1 Å². The predicted octanol–water partition coefficient (Wildman–Crippen LogP) is 2.82. The molecule has 5 N–H and O–H groups in total. The molecular formula is C27H31N5O6. The van der Waals surface area contributed by atoms with Crippen molar-refractivity contribution in [3.05, 3.63) is 69.9 Å². The zero-order chi connectivity index (χ0) is 27.4. The molecule has 0 radical (unpaired) electrons. The number of aliphatic hydroxyl groups excluding tert-OH is 1. The average molecular weight is 522 g/mol. The third kappa shape index (κ3) is 5.14. The van der Waals surface area contributed by atoms with Crippen LogP contribution >= 0.6 is 0 Å². The molecule has 0 aliphatic carbocycles. The molecule has 0 bridgehead atoms. The third-order valence-electron chi connectivity index (χ3n) is 6.38. The zero-order valence-corrected chi connectivity index (χ0v) is 21.5. The number of anilines is 2. The highest BCUT2D eigenvalue weighted by molar-refractivity contribution is 6.08. The summed E-state index contributed by atoms with van der Waals surface area (Å²) in [6, 6.07) is 8.99. The Hall–Kier alpha value is -4.51. The van der Waals surface area contributed by atoms with E-state index in [4.69, 9.17) is 15.2 Å². The van der Waals surface area contributed by atoms with Gasteiger partial charge in [-0.25, -0.2) is 4.79 Å². The molecule has 0 spiro atoms. The molecule has 0 unspecified atom stereocenters. The van der Waals surface area contributed by atoms with Gasteiger partial charge in [0.05, 0.1) is 43.3 Å². The number of aryl methyl sites for hydroxylation is 1. The zero-order valence-electron chi connectivity index (χ0n) is 21.5. The van der Waals surface area contributed by atoms with Gasteiger partial charge >= 0.3 is 5.69 Å². The Bertz CT molecular complexity index is 1540. The SMILES string of the molecule is CCc1c(CO)cccc1Nc1c(C(N)=O)cnc2cc(OCCCn3c(O)cn(C)c3=O)c(OC)cc12. The number of primary amides is 1. The van der Waals surface area contributed by atoms with E-state index < -0.39 is 5.91 Å². The van der Waals surface area contributed by atoms with Crippen LogP contribution in [0.5, 0.6) is 17.4 Å². The van der Waals surface area contributed by atoms with Crippen molar-refractivity contribution in [3.8, 4) is 17.4 Å². The molecule has 2 heterocycles. The number of imidazole rings is 1. The highest BCUT2D eigenvalue weighted by Gasteiger charge is 2.18. The van der Waals surface area contributed by atoms with Crippen molar-refractivity contribution in [2.75, 3.05) is 19.0 Å². The number of carbonyl (C=O) groups is 1. The molecular weight excluding hydrogens is 490 g/mol. The number of methoxy groups -OCH3 is 1. The second kappa shape index (κ2) is 11.3. The maximum Gasteiger partial charge on any atom is 0.330 e. The van der Waals surface area contributed by atoms with Gasteiger partial charge in [-0.3, -0.25) is 18.9 Å². The molecule has 2 aromatic heterocycles. The number of amides is 1. The van der Waals surface area contributed by atoms with E-state index in [2.05, 4.69) is 10.3 Å². The van der Waals surface area contributed by atoms with Crippen molar-refractivity contribution in [2.45, 2.75) is 32.9 Å². The Morgan fingerprint density at radius 1 is 1.24 bits per heavy atom. The van der Waals surface area contributed by atoms with E-state index in [-0.39, 0.29) is 36.9 Å². The molecule has 200 valence electrons. The van der Waals surface area contributed by atoms with Crippen molar-refractivity contribution in [1.29, 1.82) is 0 Å². The number of carbonyl (C=O) groups excluding carboxylic acids is 1. The summed E-state index contributed by atoms with van der Waals surface area (Å²) in [5.74, 6) is 0.109. The first-order valence-electron chi connectivity index (χ1n) is 12.2. The van der Waals surface area contributed by atoms with E-state index in [0.717, 1.165) is 16.8 Å². The predicted molar refractivity (Wildman–Crippen MR) is 143 cm³/mol. The first-order valence-corrected chi connectivity index (χ1v) is 12.2. The fraction of sp³-hybridized carbons (Fsp3) is 0.296. The summed E-state index contributed by atoms with van der Waals surface area (Å²) in [5.41, 5.74) is 9.04. The standard InChI is InChI=1S/C27H31N5O6/c1-4-17-16(15-33)7-5-8-20(17)30-25-18-11-22(37-3)23(12-21(18)29-13-19(25)26(28)35)38-10-6-9-32-24(34)14-31(2)27(32)36/h5,7-8,11-14,33-34H,4,6,9-10,15H2,1-3H3,(H2,28,35)(H,29,30). The normalized spacial score (nSPS) is 11.1. The van der Waals surface area contributed by atoms with Crippen LogP contribution in [0.15, 0.2) is 47.5 Å². The minimum absolute atomic E-state index is 0.106. The average Bonchev–Trinajstić information content (AvgIpc) is 3.15. The molecule has 0 saturated carbocycles. The summed E-state index contributed by atoms with van der Waals surface area (Å²) in [6.45, 7) is 2.41. The molecule has 0 aliphatic heterocycles. The van der Waals surface area contributed by atoms with Crippen LogP contribution in [-0.2, 0) is 26.6 Å². The van der Waals surface area contributed by atoms with Crippen molar-refractivity contribution >= 4 is 28.2 Å². The highest BCUT2D eigenvalue weighted by atomic mass is 16.5. The maximum atomic E-state index is 12.3. The number of ether oxygens (including phenoxy) is 2. The van der Waals surface area contributed by atoms with E-state index in [1.165, 1.54) is 28.6 Å². The van der Waals surface area contributed by atoms with Gasteiger partial charge in [0.25, 0.3) is 5.91 Å².